The molecule has 0 aliphatic carbocycles. The SMILES string of the molecule is O=C1O[C@]1(O)C(O)C(O)C(O)CO. The Labute approximate surface area is 72.8 Å². The Morgan fingerprint density at radius 3 is 2.15 bits per heavy atom. The van der Waals surface area contributed by atoms with E-state index in [1.54, 1.807) is 0 Å². The smallest absolute Gasteiger partial charge is 0.385 e. The van der Waals surface area contributed by atoms with Gasteiger partial charge in [0.05, 0.1) is 6.61 Å². The summed E-state index contributed by atoms with van der Waals surface area (Å²) in [6, 6.07) is 0. The number of rotatable bonds is 4. The first-order valence-corrected chi connectivity index (χ1v) is 3.54. The van der Waals surface area contributed by atoms with Crippen LogP contribution in [0.1, 0.15) is 0 Å². The summed E-state index contributed by atoms with van der Waals surface area (Å²) in [6.07, 6.45) is -5.46. The van der Waals surface area contributed by atoms with E-state index in [0.717, 1.165) is 0 Å². The van der Waals surface area contributed by atoms with Gasteiger partial charge >= 0.3 is 11.8 Å². The summed E-state index contributed by atoms with van der Waals surface area (Å²) in [5, 5.41) is 44.3. The summed E-state index contributed by atoms with van der Waals surface area (Å²) >= 11 is 0. The zero-order chi connectivity index (χ0) is 10.2. The lowest BCUT2D eigenvalue weighted by Crippen LogP contribution is -2.48. The van der Waals surface area contributed by atoms with Crippen LogP contribution in [0, 0.1) is 0 Å². The first kappa shape index (κ1) is 10.4. The van der Waals surface area contributed by atoms with Gasteiger partial charge in [0.1, 0.15) is 12.2 Å². The van der Waals surface area contributed by atoms with Crippen LogP contribution >= 0.6 is 0 Å². The highest BCUT2D eigenvalue weighted by Gasteiger charge is 2.65. The molecule has 0 amide bonds. The second-order valence-corrected chi connectivity index (χ2v) is 2.77. The van der Waals surface area contributed by atoms with E-state index < -0.39 is 36.7 Å². The molecule has 1 heterocycles. The molecule has 0 aromatic rings. The van der Waals surface area contributed by atoms with Crippen LogP contribution in [0.4, 0.5) is 0 Å². The minimum Gasteiger partial charge on any atom is -0.414 e. The van der Waals surface area contributed by atoms with Gasteiger partial charge in [0.25, 0.3) is 0 Å². The summed E-state index contributed by atoms with van der Waals surface area (Å²) in [7, 11) is 0. The summed E-state index contributed by atoms with van der Waals surface area (Å²) in [5.41, 5.74) is 0. The number of carbonyl (C=O) groups excluding carboxylic acids is 1. The second-order valence-electron chi connectivity index (χ2n) is 2.77. The van der Waals surface area contributed by atoms with Gasteiger partial charge in [-0.3, -0.25) is 0 Å². The molecule has 7 nitrogen and oxygen atoms in total. The van der Waals surface area contributed by atoms with Gasteiger partial charge in [0.2, 0.25) is 0 Å². The lowest BCUT2D eigenvalue weighted by Gasteiger charge is -2.21. The zero-order valence-electron chi connectivity index (χ0n) is 6.49. The molecular weight excluding hydrogens is 184 g/mol. The summed E-state index contributed by atoms with van der Waals surface area (Å²) in [6.45, 7) is -0.803. The van der Waals surface area contributed by atoms with Gasteiger partial charge in [-0.05, 0) is 0 Å². The molecule has 13 heavy (non-hydrogen) atoms. The van der Waals surface area contributed by atoms with Crippen LogP contribution in [0.5, 0.6) is 0 Å². The first-order chi connectivity index (χ1) is 5.93. The van der Waals surface area contributed by atoms with Gasteiger partial charge in [-0.1, -0.05) is 0 Å². The van der Waals surface area contributed by atoms with E-state index in [2.05, 4.69) is 4.74 Å². The lowest BCUT2D eigenvalue weighted by molar-refractivity contribution is -0.155. The van der Waals surface area contributed by atoms with Crippen molar-refractivity contribution in [1.82, 2.24) is 0 Å². The molecule has 1 aliphatic rings. The van der Waals surface area contributed by atoms with Crippen molar-refractivity contribution < 1.29 is 35.1 Å². The summed E-state index contributed by atoms with van der Waals surface area (Å²) < 4.78 is 4.00. The third kappa shape index (κ3) is 1.64. The molecule has 76 valence electrons. The van der Waals surface area contributed by atoms with Crippen LogP contribution in [-0.2, 0) is 9.53 Å². The van der Waals surface area contributed by atoms with Crippen LogP contribution in [0.15, 0.2) is 0 Å². The van der Waals surface area contributed by atoms with Gasteiger partial charge in [0, 0.05) is 0 Å². The summed E-state index contributed by atoms with van der Waals surface area (Å²) in [4.78, 5) is 10.4. The molecule has 0 spiro atoms. The number of epoxide rings is 1. The zero-order valence-corrected chi connectivity index (χ0v) is 6.49. The van der Waals surface area contributed by atoms with Gasteiger partial charge < -0.3 is 30.3 Å². The third-order valence-electron chi connectivity index (χ3n) is 1.80. The maximum absolute atomic E-state index is 10.4. The number of hydrogen-bond donors (Lipinski definition) is 5. The van der Waals surface area contributed by atoms with Crippen molar-refractivity contribution in [2.24, 2.45) is 0 Å². The maximum atomic E-state index is 10.4. The topological polar surface area (TPSA) is 131 Å². The number of aliphatic hydroxyl groups is 5. The normalized spacial score (nSPS) is 33.5. The molecule has 1 fully saturated rings. The van der Waals surface area contributed by atoms with Crippen LogP contribution in [0.3, 0.4) is 0 Å². The van der Waals surface area contributed by atoms with Crippen LogP contribution in [0.25, 0.3) is 0 Å². The van der Waals surface area contributed by atoms with Gasteiger partial charge in [0.15, 0.2) is 6.10 Å². The monoisotopic (exact) mass is 194 g/mol. The largest absolute Gasteiger partial charge is 0.414 e. The number of hydrogen-bond acceptors (Lipinski definition) is 7. The molecule has 1 aliphatic heterocycles. The van der Waals surface area contributed by atoms with E-state index in [1.165, 1.54) is 0 Å². The van der Waals surface area contributed by atoms with Gasteiger partial charge in [-0.15, -0.1) is 0 Å². The number of carbonyl (C=O) groups is 1. The fourth-order valence-electron chi connectivity index (χ4n) is 0.847. The maximum Gasteiger partial charge on any atom is 0.385 e. The average Bonchev–Trinajstić information content (AvgIpc) is 2.72. The highest BCUT2D eigenvalue weighted by Crippen LogP contribution is 2.31. The average molecular weight is 194 g/mol. The van der Waals surface area contributed by atoms with Crippen molar-refractivity contribution in [2.75, 3.05) is 6.61 Å². The highest BCUT2D eigenvalue weighted by atomic mass is 16.8. The first-order valence-electron chi connectivity index (χ1n) is 3.54. The Morgan fingerprint density at radius 1 is 1.38 bits per heavy atom. The van der Waals surface area contributed by atoms with Crippen LogP contribution in [-0.4, -0.2) is 62.2 Å². The predicted molar refractivity (Wildman–Crippen MR) is 36.1 cm³/mol. The van der Waals surface area contributed by atoms with Crippen LogP contribution < -0.4 is 0 Å². The molecule has 0 bridgehead atoms. The van der Waals surface area contributed by atoms with Crippen molar-refractivity contribution >= 4 is 5.97 Å². The van der Waals surface area contributed by atoms with E-state index in [0.29, 0.717) is 0 Å². The van der Waals surface area contributed by atoms with Gasteiger partial charge in [-0.2, -0.15) is 0 Å². The number of aliphatic hydroxyl groups excluding tert-OH is 4. The molecule has 0 aromatic carbocycles. The number of ether oxygens (including phenoxy) is 1. The minimum absolute atomic E-state index is 0.803. The predicted octanol–water partition coefficient (Wildman–Crippen LogP) is -3.69. The molecule has 7 heteroatoms. The Balaban J connectivity index is 2.57. The Morgan fingerprint density at radius 2 is 1.85 bits per heavy atom. The van der Waals surface area contributed by atoms with Crippen molar-refractivity contribution in [3.05, 3.63) is 0 Å². The third-order valence-corrected chi connectivity index (χ3v) is 1.80. The molecule has 0 saturated carbocycles. The Hall–Kier alpha value is -0.730. The molecule has 1 saturated heterocycles. The van der Waals surface area contributed by atoms with Crippen molar-refractivity contribution in [3.63, 3.8) is 0 Å². The van der Waals surface area contributed by atoms with E-state index in [1.807, 2.05) is 0 Å². The highest BCUT2D eigenvalue weighted by molar-refractivity contribution is 5.91. The Kier molecular flexibility index (Phi) is 2.55. The van der Waals surface area contributed by atoms with Crippen molar-refractivity contribution in [1.29, 1.82) is 0 Å². The molecule has 3 unspecified atom stereocenters. The molecule has 0 aromatic heterocycles. The van der Waals surface area contributed by atoms with E-state index in [4.69, 9.17) is 25.5 Å². The molecule has 0 radical (unpaired) electrons. The van der Waals surface area contributed by atoms with E-state index in [-0.39, 0.29) is 0 Å². The lowest BCUT2D eigenvalue weighted by atomic mass is 10.0. The second kappa shape index (κ2) is 3.20. The fourth-order valence-corrected chi connectivity index (χ4v) is 0.847. The van der Waals surface area contributed by atoms with E-state index >= 15 is 0 Å². The molecular formula is C6H10O7. The fraction of sp³-hybridized carbons (Fsp3) is 0.833. The molecule has 1 rings (SSSR count). The quantitative estimate of drug-likeness (QED) is 0.291. The number of cyclic esters (lactones) is 1. The van der Waals surface area contributed by atoms with Crippen LogP contribution in [0.2, 0.25) is 0 Å². The summed E-state index contributed by atoms with van der Waals surface area (Å²) in [5.74, 6) is -3.51. The molecule has 4 atom stereocenters. The van der Waals surface area contributed by atoms with Crippen molar-refractivity contribution in [3.8, 4) is 0 Å². The van der Waals surface area contributed by atoms with Gasteiger partial charge in [-0.25, -0.2) is 4.79 Å². The van der Waals surface area contributed by atoms with E-state index in [9.17, 15) is 4.79 Å². The standard InChI is InChI=1S/C6H10O7/c7-1-2(8)3(9)4(10)6(12)5(11)13-6/h2-4,7-10,12H,1H2/t2?,3?,4?,6-/m1/s1. The van der Waals surface area contributed by atoms with Crippen molar-refractivity contribution in [2.45, 2.75) is 24.1 Å². The molecule has 5 N–H and O–H groups in total. The minimum atomic E-state index is -2.43. The Bertz CT molecular complexity index is 217.